The molecule has 7 nitrogen and oxygen atoms in total. The molecule has 0 aliphatic carbocycles. The molecular weight excluding hydrogens is 484 g/mol. The number of nitrogens with one attached hydrogen (secondary N) is 1. The van der Waals surface area contributed by atoms with E-state index in [2.05, 4.69) is 76.6 Å². The van der Waals surface area contributed by atoms with Gasteiger partial charge in [-0.2, -0.15) is 5.26 Å². The molecule has 1 aliphatic heterocycles. The quantitative estimate of drug-likeness (QED) is 0.312. The van der Waals surface area contributed by atoms with Crippen LogP contribution in [0, 0.1) is 11.3 Å². The topological polar surface area (TPSA) is 85.1 Å². The monoisotopic (exact) mass is 518 g/mol. The molecule has 0 unspecified atom stereocenters. The van der Waals surface area contributed by atoms with Crippen molar-refractivity contribution >= 4 is 22.8 Å². The fourth-order valence-electron chi connectivity index (χ4n) is 5.24. The summed E-state index contributed by atoms with van der Waals surface area (Å²) in [6.45, 7) is 5.66. The van der Waals surface area contributed by atoms with Crippen LogP contribution in [0.2, 0.25) is 0 Å². The van der Waals surface area contributed by atoms with Gasteiger partial charge in [0.1, 0.15) is 5.69 Å². The lowest BCUT2D eigenvalue weighted by Gasteiger charge is -2.40. The standard InChI is InChI=1S/C32H34N6O/c1-2-3-18-34-32(39)26(23-33)29-31(36-28-17-11-10-16-27(28)35-29)38-21-19-37(20-22-38)30(24-12-6-4-7-13-24)25-14-8-5-9-15-25/h4-17,26,30H,2-3,18-22H2,1H3,(H,34,39)/t26-/m0/s1. The van der Waals surface area contributed by atoms with Crippen LogP contribution < -0.4 is 10.2 Å². The van der Waals surface area contributed by atoms with Crippen molar-refractivity contribution in [3.8, 4) is 6.07 Å². The molecule has 198 valence electrons. The molecule has 1 aliphatic rings. The van der Waals surface area contributed by atoms with Crippen molar-refractivity contribution in [3.05, 3.63) is 102 Å². The van der Waals surface area contributed by atoms with Crippen LogP contribution in [0.15, 0.2) is 84.9 Å². The van der Waals surface area contributed by atoms with E-state index in [1.54, 1.807) is 0 Å². The number of carbonyl (C=O) groups is 1. The Morgan fingerprint density at radius 3 is 2.00 bits per heavy atom. The second kappa shape index (κ2) is 12.5. The number of piperazine rings is 1. The van der Waals surface area contributed by atoms with Crippen LogP contribution in [0.3, 0.4) is 0 Å². The molecule has 0 radical (unpaired) electrons. The zero-order valence-corrected chi connectivity index (χ0v) is 22.3. The number of nitriles is 1. The van der Waals surface area contributed by atoms with Gasteiger partial charge in [0.15, 0.2) is 11.7 Å². The Morgan fingerprint density at radius 2 is 1.44 bits per heavy atom. The molecule has 7 heteroatoms. The van der Waals surface area contributed by atoms with E-state index < -0.39 is 5.92 Å². The summed E-state index contributed by atoms with van der Waals surface area (Å²) in [7, 11) is 0. The van der Waals surface area contributed by atoms with Gasteiger partial charge in [0.25, 0.3) is 0 Å². The van der Waals surface area contributed by atoms with Gasteiger partial charge in [0, 0.05) is 32.7 Å². The van der Waals surface area contributed by atoms with Gasteiger partial charge in [-0.25, -0.2) is 9.97 Å². The first-order chi connectivity index (χ1) is 19.2. The van der Waals surface area contributed by atoms with Gasteiger partial charge in [0.2, 0.25) is 5.91 Å². The average molecular weight is 519 g/mol. The third-order valence-corrected chi connectivity index (χ3v) is 7.28. The molecule has 3 aromatic carbocycles. The van der Waals surface area contributed by atoms with E-state index in [1.165, 1.54) is 11.1 Å². The number of fused-ring (bicyclic) bond motifs is 1. The molecule has 1 atom stereocenters. The van der Waals surface area contributed by atoms with Crippen molar-refractivity contribution in [1.29, 1.82) is 5.26 Å². The lowest BCUT2D eigenvalue weighted by atomic mass is 9.96. The van der Waals surface area contributed by atoms with Gasteiger partial charge in [-0.1, -0.05) is 86.1 Å². The minimum atomic E-state index is -1.02. The molecule has 1 aromatic heterocycles. The summed E-state index contributed by atoms with van der Waals surface area (Å²) in [5, 5.41) is 13.0. The first-order valence-electron chi connectivity index (χ1n) is 13.7. The smallest absolute Gasteiger partial charge is 0.243 e. The number of nitrogens with zero attached hydrogens (tertiary/aromatic N) is 5. The van der Waals surface area contributed by atoms with Crippen LogP contribution in [-0.4, -0.2) is 53.5 Å². The highest BCUT2D eigenvalue weighted by atomic mass is 16.1. The Bertz CT molecular complexity index is 1390. The third kappa shape index (κ3) is 5.92. The van der Waals surface area contributed by atoms with Crippen LogP contribution in [0.1, 0.15) is 48.5 Å². The van der Waals surface area contributed by atoms with Gasteiger partial charge in [-0.05, 0) is 29.7 Å². The molecule has 0 saturated carbocycles. The van der Waals surface area contributed by atoms with Gasteiger partial charge in [-0.3, -0.25) is 9.69 Å². The number of rotatable bonds is 9. The van der Waals surface area contributed by atoms with Crippen molar-refractivity contribution in [2.75, 3.05) is 37.6 Å². The normalized spacial score (nSPS) is 14.7. The summed E-state index contributed by atoms with van der Waals surface area (Å²) in [5.74, 6) is -0.710. The van der Waals surface area contributed by atoms with Crippen LogP contribution in [-0.2, 0) is 4.79 Å². The fraction of sp³-hybridized carbons (Fsp3) is 0.312. The lowest BCUT2D eigenvalue weighted by molar-refractivity contribution is -0.121. The molecule has 1 amide bonds. The summed E-state index contributed by atoms with van der Waals surface area (Å²) in [4.78, 5) is 27.5. The summed E-state index contributed by atoms with van der Waals surface area (Å²) in [6.07, 6.45) is 1.84. The second-order valence-electron chi connectivity index (χ2n) is 9.87. The van der Waals surface area contributed by atoms with E-state index in [4.69, 9.17) is 9.97 Å². The van der Waals surface area contributed by atoms with Crippen LogP contribution in [0.5, 0.6) is 0 Å². The van der Waals surface area contributed by atoms with E-state index in [9.17, 15) is 10.1 Å². The van der Waals surface area contributed by atoms with E-state index in [-0.39, 0.29) is 11.9 Å². The molecule has 39 heavy (non-hydrogen) atoms. The predicted molar refractivity (Wildman–Crippen MR) is 154 cm³/mol. The molecule has 1 N–H and O–H groups in total. The Hall–Kier alpha value is -4.28. The van der Waals surface area contributed by atoms with Crippen LogP contribution >= 0.6 is 0 Å². The van der Waals surface area contributed by atoms with Crippen LogP contribution in [0.25, 0.3) is 11.0 Å². The summed E-state index contributed by atoms with van der Waals surface area (Å²) in [6, 6.07) is 31.2. The summed E-state index contributed by atoms with van der Waals surface area (Å²) in [5.41, 5.74) is 4.40. The highest BCUT2D eigenvalue weighted by Crippen LogP contribution is 2.32. The van der Waals surface area contributed by atoms with E-state index >= 15 is 0 Å². The van der Waals surface area contributed by atoms with Gasteiger partial charge in [0.05, 0.1) is 23.1 Å². The number of hydrogen-bond donors (Lipinski definition) is 1. The van der Waals surface area contributed by atoms with Gasteiger partial charge >= 0.3 is 0 Å². The highest BCUT2D eigenvalue weighted by molar-refractivity contribution is 5.88. The number of benzene rings is 3. The number of amides is 1. The van der Waals surface area contributed by atoms with Crippen molar-refractivity contribution in [1.82, 2.24) is 20.2 Å². The lowest BCUT2D eigenvalue weighted by Crippen LogP contribution is -2.48. The number of aromatic nitrogens is 2. The van der Waals surface area contributed by atoms with Crippen molar-refractivity contribution in [3.63, 3.8) is 0 Å². The number of hydrogen-bond acceptors (Lipinski definition) is 6. The Labute approximate surface area is 230 Å². The van der Waals surface area contributed by atoms with Crippen molar-refractivity contribution in [2.24, 2.45) is 0 Å². The molecule has 0 bridgehead atoms. The maximum atomic E-state index is 13.0. The number of anilines is 1. The van der Waals surface area contributed by atoms with E-state index in [0.29, 0.717) is 36.7 Å². The summed E-state index contributed by atoms with van der Waals surface area (Å²) < 4.78 is 0. The maximum Gasteiger partial charge on any atom is 0.243 e. The molecule has 2 heterocycles. The van der Waals surface area contributed by atoms with Crippen LogP contribution in [0.4, 0.5) is 5.82 Å². The largest absolute Gasteiger partial charge is 0.355 e. The van der Waals surface area contributed by atoms with Gasteiger partial charge < -0.3 is 10.2 Å². The zero-order chi connectivity index (χ0) is 27.0. The number of para-hydroxylation sites is 2. The molecule has 5 rings (SSSR count). The molecule has 1 saturated heterocycles. The zero-order valence-electron chi connectivity index (χ0n) is 22.3. The van der Waals surface area contributed by atoms with Crippen molar-refractivity contribution < 1.29 is 4.79 Å². The molecule has 0 spiro atoms. The minimum absolute atomic E-state index is 0.146. The molecule has 1 fully saturated rings. The Balaban J connectivity index is 1.43. The number of carbonyl (C=O) groups excluding carboxylic acids is 1. The van der Waals surface area contributed by atoms with E-state index in [0.717, 1.165) is 31.4 Å². The SMILES string of the molecule is CCCCNC(=O)[C@@H](C#N)c1nc2ccccc2nc1N1CCN(C(c2ccccc2)c2ccccc2)CC1. The number of unbranched alkanes of at least 4 members (excludes halogenated alkanes) is 1. The second-order valence-corrected chi connectivity index (χ2v) is 9.87. The highest BCUT2D eigenvalue weighted by Gasteiger charge is 2.32. The maximum absolute atomic E-state index is 13.0. The molecular formula is C32H34N6O. The Morgan fingerprint density at radius 1 is 0.872 bits per heavy atom. The predicted octanol–water partition coefficient (Wildman–Crippen LogP) is 5.06. The summed E-state index contributed by atoms with van der Waals surface area (Å²) >= 11 is 0. The van der Waals surface area contributed by atoms with Gasteiger partial charge in [-0.15, -0.1) is 0 Å². The first kappa shape index (κ1) is 26.3. The third-order valence-electron chi connectivity index (χ3n) is 7.28. The Kier molecular flexibility index (Phi) is 8.45. The fourth-order valence-corrected chi connectivity index (χ4v) is 5.24. The average Bonchev–Trinajstić information content (AvgIpc) is 2.99. The molecule has 4 aromatic rings. The van der Waals surface area contributed by atoms with Crippen molar-refractivity contribution in [2.45, 2.75) is 31.7 Å². The first-order valence-corrected chi connectivity index (χ1v) is 13.7. The van der Waals surface area contributed by atoms with E-state index in [1.807, 2.05) is 36.4 Å². The minimum Gasteiger partial charge on any atom is -0.355 e.